The summed E-state index contributed by atoms with van der Waals surface area (Å²) in [6.07, 6.45) is 1.22. The molecule has 0 heterocycles. The van der Waals surface area contributed by atoms with Gasteiger partial charge < -0.3 is 5.73 Å². The normalized spacial score (nSPS) is 11.3. The highest BCUT2D eigenvalue weighted by Crippen LogP contribution is 2.13. The van der Waals surface area contributed by atoms with E-state index in [1.807, 2.05) is 13.8 Å². The van der Waals surface area contributed by atoms with Crippen molar-refractivity contribution in [3.63, 3.8) is 0 Å². The minimum absolute atomic E-state index is 0.289. The molecule has 1 aromatic carbocycles. The first-order chi connectivity index (χ1) is 8.99. The molecule has 0 aliphatic carbocycles. The van der Waals surface area contributed by atoms with Crippen LogP contribution in [0.2, 0.25) is 0 Å². The fraction of sp³-hybridized carbons (Fsp3) is 0.333. The summed E-state index contributed by atoms with van der Waals surface area (Å²) < 4.78 is 13.8. The van der Waals surface area contributed by atoms with Crippen molar-refractivity contribution in [2.75, 3.05) is 6.54 Å². The number of nitrogens with zero attached hydrogens (tertiary/aromatic N) is 1. The second kappa shape index (κ2) is 6.95. The van der Waals surface area contributed by atoms with Crippen LogP contribution in [0.3, 0.4) is 0 Å². The third-order valence-electron chi connectivity index (χ3n) is 2.80. The van der Waals surface area contributed by atoms with Crippen LogP contribution in [0.5, 0.6) is 0 Å². The topological polar surface area (TPSA) is 55.5 Å². The summed E-state index contributed by atoms with van der Waals surface area (Å²) in [6.45, 7) is 5.79. The van der Waals surface area contributed by atoms with E-state index in [9.17, 15) is 9.18 Å². The molecule has 0 saturated heterocycles. The Morgan fingerprint density at radius 2 is 2.05 bits per heavy atom. The van der Waals surface area contributed by atoms with Crippen molar-refractivity contribution in [1.29, 1.82) is 0 Å². The summed E-state index contributed by atoms with van der Waals surface area (Å²) in [7, 11) is 0. The first kappa shape index (κ1) is 15.2. The van der Waals surface area contributed by atoms with Gasteiger partial charge in [0.15, 0.2) is 6.29 Å². The lowest BCUT2D eigenvalue weighted by Crippen LogP contribution is -2.06. The largest absolute Gasteiger partial charge is 0.330 e. The molecule has 1 aromatic rings. The number of halogens is 1. The summed E-state index contributed by atoms with van der Waals surface area (Å²) in [4.78, 5) is 15.1. The SMILES string of the molecule is CC(C)=C(C=O)/N=C(\C)c1ccc(CCN)c(F)c1. The molecule has 0 saturated carbocycles. The molecule has 0 unspecified atom stereocenters. The Morgan fingerprint density at radius 1 is 1.37 bits per heavy atom. The van der Waals surface area contributed by atoms with Crippen LogP contribution in [-0.2, 0) is 11.2 Å². The standard InChI is InChI=1S/C15H19FN2O/c1-10(2)15(9-19)18-11(3)13-5-4-12(6-7-17)14(16)8-13/h4-5,8-9H,6-7,17H2,1-3H3/b18-11+. The summed E-state index contributed by atoms with van der Waals surface area (Å²) in [5.74, 6) is -0.289. The molecule has 0 amide bonds. The average Bonchev–Trinajstić information content (AvgIpc) is 2.37. The van der Waals surface area contributed by atoms with Gasteiger partial charge in [-0.15, -0.1) is 0 Å². The van der Waals surface area contributed by atoms with Crippen molar-refractivity contribution in [3.05, 3.63) is 46.4 Å². The predicted molar refractivity (Wildman–Crippen MR) is 75.8 cm³/mol. The van der Waals surface area contributed by atoms with Crippen LogP contribution < -0.4 is 5.73 Å². The average molecular weight is 262 g/mol. The first-order valence-corrected chi connectivity index (χ1v) is 6.16. The van der Waals surface area contributed by atoms with Gasteiger partial charge in [0.05, 0.1) is 0 Å². The van der Waals surface area contributed by atoms with Crippen LogP contribution in [0.1, 0.15) is 31.9 Å². The van der Waals surface area contributed by atoms with E-state index in [4.69, 9.17) is 5.73 Å². The minimum Gasteiger partial charge on any atom is -0.330 e. The van der Waals surface area contributed by atoms with Gasteiger partial charge in [0.2, 0.25) is 0 Å². The van der Waals surface area contributed by atoms with Crippen LogP contribution in [-0.4, -0.2) is 18.5 Å². The molecule has 3 nitrogen and oxygen atoms in total. The molecule has 0 aromatic heterocycles. The maximum Gasteiger partial charge on any atom is 0.168 e. The van der Waals surface area contributed by atoms with Gasteiger partial charge in [0, 0.05) is 5.71 Å². The van der Waals surface area contributed by atoms with Crippen molar-refractivity contribution in [1.82, 2.24) is 0 Å². The number of allylic oxidation sites excluding steroid dienone is 2. The summed E-state index contributed by atoms with van der Waals surface area (Å²) in [6, 6.07) is 4.93. The highest BCUT2D eigenvalue weighted by atomic mass is 19.1. The summed E-state index contributed by atoms with van der Waals surface area (Å²) >= 11 is 0. The van der Waals surface area contributed by atoms with Crippen molar-refractivity contribution in [2.45, 2.75) is 27.2 Å². The van der Waals surface area contributed by atoms with Gasteiger partial charge in [0.1, 0.15) is 11.5 Å². The predicted octanol–water partition coefficient (Wildman–Crippen LogP) is 2.63. The number of nitrogens with two attached hydrogens (primary N) is 1. The van der Waals surface area contributed by atoms with E-state index in [1.165, 1.54) is 6.07 Å². The zero-order valence-electron chi connectivity index (χ0n) is 11.5. The first-order valence-electron chi connectivity index (χ1n) is 6.16. The lowest BCUT2D eigenvalue weighted by atomic mass is 10.1. The van der Waals surface area contributed by atoms with Gasteiger partial charge in [0.25, 0.3) is 0 Å². The molecule has 0 fully saturated rings. The van der Waals surface area contributed by atoms with E-state index in [2.05, 4.69) is 4.99 Å². The highest BCUT2D eigenvalue weighted by molar-refractivity contribution is 6.01. The Hall–Kier alpha value is -1.81. The molecule has 1 rings (SSSR count). The van der Waals surface area contributed by atoms with Gasteiger partial charge in [-0.3, -0.25) is 4.79 Å². The number of rotatable bonds is 5. The number of carbonyl (C=O) groups excluding carboxylic acids is 1. The smallest absolute Gasteiger partial charge is 0.168 e. The molecule has 0 atom stereocenters. The van der Waals surface area contributed by atoms with Crippen LogP contribution in [0.4, 0.5) is 4.39 Å². The number of carbonyl (C=O) groups is 1. The molecule has 2 N–H and O–H groups in total. The Kier molecular flexibility index (Phi) is 5.57. The Balaban J connectivity index is 3.10. The molecular weight excluding hydrogens is 243 g/mol. The van der Waals surface area contributed by atoms with Crippen molar-refractivity contribution < 1.29 is 9.18 Å². The Labute approximate surface area is 113 Å². The van der Waals surface area contributed by atoms with Gasteiger partial charge in [-0.1, -0.05) is 12.1 Å². The molecular formula is C15H19FN2O. The number of benzene rings is 1. The number of hydrogen-bond acceptors (Lipinski definition) is 3. The molecule has 102 valence electrons. The lowest BCUT2D eigenvalue weighted by Gasteiger charge is -2.06. The molecule has 19 heavy (non-hydrogen) atoms. The monoisotopic (exact) mass is 262 g/mol. The van der Waals surface area contributed by atoms with Gasteiger partial charge in [-0.25, -0.2) is 9.38 Å². The molecule has 0 bridgehead atoms. The molecule has 0 aliphatic heterocycles. The second-order valence-corrected chi connectivity index (χ2v) is 4.55. The maximum atomic E-state index is 13.8. The van der Waals surface area contributed by atoms with Gasteiger partial charge >= 0.3 is 0 Å². The summed E-state index contributed by atoms with van der Waals surface area (Å²) in [5.41, 5.74) is 8.49. The van der Waals surface area contributed by atoms with Crippen LogP contribution in [0.15, 0.2) is 34.5 Å². The van der Waals surface area contributed by atoms with E-state index in [0.29, 0.717) is 41.8 Å². The van der Waals surface area contributed by atoms with E-state index >= 15 is 0 Å². The van der Waals surface area contributed by atoms with E-state index in [1.54, 1.807) is 19.1 Å². The summed E-state index contributed by atoms with van der Waals surface area (Å²) in [5, 5.41) is 0. The molecule has 0 radical (unpaired) electrons. The Bertz CT molecular complexity index is 529. The number of hydrogen-bond donors (Lipinski definition) is 1. The van der Waals surface area contributed by atoms with Crippen LogP contribution in [0.25, 0.3) is 0 Å². The lowest BCUT2D eigenvalue weighted by molar-refractivity contribution is -0.105. The third kappa shape index (κ3) is 4.10. The van der Waals surface area contributed by atoms with E-state index < -0.39 is 0 Å². The third-order valence-corrected chi connectivity index (χ3v) is 2.80. The molecule has 0 aliphatic rings. The zero-order valence-corrected chi connectivity index (χ0v) is 11.5. The van der Waals surface area contributed by atoms with Crippen molar-refractivity contribution >= 4 is 12.0 Å². The number of aliphatic imine (C=N–C) groups is 1. The van der Waals surface area contributed by atoms with Gasteiger partial charge in [-0.2, -0.15) is 0 Å². The molecule has 0 spiro atoms. The van der Waals surface area contributed by atoms with E-state index in [0.717, 1.165) is 5.57 Å². The van der Waals surface area contributed by atoms with Gasteiger partial charge in [-0.05, 0) is 56.5 Å². The van der Waals surface area contributed by atoms with Crippen molar-refractivity contribution in [3.8, 4) is 0 Å². The molecule has 4 heteroatoms. The fourth-order valence-corrected chi connectivity index (χ4v) is 1.63. The van der Waals surface area contributed by atoms with Crippen LogP contribution >= 0.6 is 0 Å². The Morgan fingerprint density at radius 3 is 2.53 bits per heavy atom. The van der Waals surface area contributed by atoms with Crippen molar-refractivity contribution in [2.24, 2.45) is 10.7 Å². The zero-order chi connectivity index (χ0) is 14.4. The van der Waals surface area contributed by atoms with E-state index in [-0.39, 0.29) is 5.82 Å². The fourth-order valence-electron chi connectivity index (χ4n) is 1.63. The van der Waals surface area contributed by atoms with Crippen LogP contribution in [0, 0.1) is 5.82 Å². The minimum atomic E-state index is -0.289. The quantitative estimate of drug-likeness (QED) is 0.504. The maximum absolute atomic E-state index is 13.8. The highest BCUT2D eigenvalue weighted by Gasteiger charge is 2.06. The second-order valence-electron chi connectivity index (χ2n) is 4.55. The number of aldehydes is 1.